The van der Waals surface area contributed by atoms with Crippen molar-refractivity contribution in [1.82, 2.24) is 19.2 Å². The molecule has 1 aliphatic heterocycles. The molecule has 2 aromatic heterocycles. The van der Waals surface area contributed by atoms with Gasteiger partial charge >= 0.3 is 0 Å². The van der Waals surface area contributed by atoms with Crippen molar-refractivity contribution in [2.24, 2.45) is 0 Å². The zero-order chi connectivity index (χ0) is 27.4. The summed E-state index contributed by atoms with van der Waals surface area (Å²) in [6.07, 6.45) is 5.79. The number of pyridine rings is 1. The van der Waals surface area contributed by atoms with Gasteiger partial charge in [0.2, 0.25) is 0 Å². The SMILES string of the molecule is CCCCCOc1ccc(C2C(=C(O)c3nc4c(C)cccn4c3C)C(=O)C(=O)N2CCCN(C)C)cc1. The Labute approximate surface area is 224 Å². The van der Waals surface area contributed by atoms with Crippen molar-refractivity contribution in [3.05, 3.63) is 70.7 Å². The lowest BCUT2D eigenvalue weighted by Gasteiger charge is -2.26. The highest BCUT2D eigenvalue weighted by atomic mass is 16.5. The van der Waals surface area contributed by atoms with Crippen molar-refractivity contribution >= 4 is 23.1 Å². The number of aromatic nitrogens is 2. The van der Waals surface area contributed by atoms with E-state index in [1.807, 2.05) is 79.8 Å². The van der Waals surface area contributed by atoms with Crippen molar-refractivity contribution in [2.45, 2.75) is 52.5 Å². The Morgan fingerprint density at radius 3 is 2.47 bits per heavy atom. The van der Waals surface area contributed by atoms with Crippen molar-refractivity contribution in [1.29, 1.82) is 0 Å². The standard InChI is InChI=1S/C30H38N4O4/c1-6-7-8-19-38-23-14-12-22(13-15-23)26-24(28(36)30(37)34(26)18-10-16-32(4)5)27(35)25-21(3)33-17-9-11-20(2)29(33)31-25/h9,11-15,17,26,35H,6-8,10,16,18-19H2,1-5H3. The van der Waals surface area contributed by atoms with E-state index >= 15 is 0 Å². The van der Waals surface area contributed by atoms with Gasteiger partial charge in [0.1, 0.15) is 17.1 Å². The first-order chi connectivity index (χ1) is 18.2. The number of ketones is 1. The number of aliphatic hydroxyl groups is 1. The molecule has 1 aliphatic rings. The van der Waals surface area contributed by atoms with Crippen LogP contribution in [0.1, 0.15) is 61.2 Å². The number of carbonyl (C=O) groups is 2. The lowest BCUT2D eigenvalue weighted by molar-refractivity contribution is -0.139. The summed E-state index contributed by atoms with van der Waals surface area (Å²) in [4.78, 5) is 34.9. The van der Waals surface area contributed by atoms with Crippen LogP contribution in [-0.2, 0) is 9.59 Å². The highest BCUT2D eigenvalue weighted by Gasteiger charge is 2.46. The molecule has 0 aliphatic carbocycles. The summed E-state index contributed by atoms with van der Waals surface area (Å²) in [5.41, 5.74) is 3.48. The van der Waals surface area contributed by atoms with Crippen LogP contribution in [0.3, 0.4) is 0 Å². The predicted octanol–water partition coefficient (Wildman–Crippen LogP) is 4.89. The maximum Gasteiger partial charge on any atom is 0.295 e. The van der Waals surface area contributed by atoms with Gasteiger partial charge in [-0.05, 0) is 76.7 Å². The van der Waals surface area contributed by atoms with E-state index < -0.39 is 17.7 Å². The van der Waals surface area contributed by atoms with Gasteiger partial charge in [0.05, 0.1) is 23.9 Å². The molecule has 1 aromatic carbocycles. The zero-order valence-corrected chi connectivity index (χ0v) is 23.0. The van der Waals surface area contributed by atoms with Crippen LogP contribution in [0.4, 0.5) is 0 Å². The summed E-state index contributed by atoms with van der Waals surface area (Å²) in [6, 6.07) is 10.6. The molecule has 1 amide bonds. The van der Waals surface area contributed by atoms with E-state index in [9.17, 15) is 14.7 Å². The van der Waals surface area contributed by atoms with Crippen LogP contribution in [0.25, 0.3) is 11.4 Å². The van der Waals surface area contributed by atoms with Crippen LogP contribution >= 0.6 is 0 Å². The molecule has 8 heteroatoms. The molecule has 3 heterocycles. The molecule has 0 spiro atoms. The Hall–Kier alpha value is -3.65. The fraction of sp³-hybridized carbons (Fsp3) is 0.433. The summed E-state index contributed by atoms with van der Waals surface area (Å²) in [7, 11) is 3.94. The molecule has 1 saturated heterocycles. The number of Topliss-reactive ketones (excluding diaryl/α,β-unsaturated/α-hetero) is 1. The quantitative estimate of drug-likeness (QED) is 0.168. The van der Waals surface area contributed by atoms with E-state index in [2.05, 4.69) is 11.9 Å². The number of aliphatic hydroxyl groups excluding tert-OH is 1. The fourth-order valence-corrected chi connectivity index (χ4v) is 4.98. The largest absolute Gasteiger partial charge is 0.505 e. The Morgan fingerprint density at radius 2 is 1.82 bits per heavy atom. The number of fused-ring (bicyclic) bond motifs is 1. The maximum absolute atomic E-state index is 13.4. The topological polar surface area (TPSA) is 87.4 Å². The third kappa shape index (κ3) is 5.45. The van der Waals surface area contributed by atoms with Crippen molar-refractivity contribution in [2.75, 3.05) is 33.8 Å². The molecule has 1 unspecified atom stereocenters. The van der Waals surface area contributed by atoms with Crippen LogP contribution in [0.5, 0.6) is 5.75 Å². The summed E-state index contributed by atoms with van der Waals surface area (Å²) in [5, 5.41) is 11.5. The molecule has 1 atom stereocenters. The molecule has 1 fully saturated rings. The summed E-state index contributed by atoms with van der Waals surface area (Å²) < 4.78 is 7.75. The molecular formula is C30H38N4O4. The van der Waals surface area contributed by atoms with Gasteiger partial charge in [-0.15, -0.1) is 0 Å². The number of carbonyl (C=O) groups excluding carboxylic acids is 2. The summed E-state index contributed by atoms with van der Waals surface area (Å²) in [5.74, 6) is -0.803. The number of nitrogens with zero attached hydrogens (tertiary/aromatic N) is 4. The smallest absolute Gasteiger partial charge is 0.295 e. The minimum atomic E-state index is -0.711. The van der Waals surface area contributed by atoms with Crippen LogP contribution in [0.15, 0.2) is 48.2 Å². The summed E-state index contributed by atoms with van der Waals surface area (Å²) in [6.45, 7) is 7.75. The van der Waals surface area contributed by atoms with Crippen LogP contribution < -0.4 is 4.74 Å². The second kappa shape index (κ2) is 11.8. The fourth-order valence-electron chi connectivity index (χ4n) is 4.98. The molecule has 0 bridgehead atoms. The Kier molecular flexibility index (Phi) is 8.52. The maximum atomic E-state index is 13.4. The van der Waals surface area contributed by atoms with Gasteiger partial charge in [-0.2, -0.15) is 0 Å². The first kappa shape index (κ1) is 27.4. The van der Waals surface area contributed by atoms with Gasteiger partial charge in [0.15, 0.2) is 5.76 Å². The molecule has 0 saturated carbocycles. The number of rotatable bonds is 11. The second-order valence-corrected chi connectivity index (χ2v) is 10.2. The number of amides is 1. The number of hydrogen-bond acceptors (Lipinski definition) is 6. The first-order valence-corrected chi connectivity index (χ1v) is 13.3. The predicted molar refractivity (Wildman–Crippen MR) is 148 cm³/mol. The number of aryl methyl sites for hydroxylation is 2. The summed E-state index contributed by atoms with van der Waals surface area (Å²) >= 11 is 0. The van der Waals surface area contributed by atoms with Crippen LogP contribution in [-0.4, -0.2) is 69.8 Å². The Bertz CT molecular complexity index is 1340. The molecule has 0 radical (unpaired) electrons. The van der Waals surface area contributed by atoms with Gasteiger partial charge in [0, 0.05) is 12.7 Å². The molecule has 1 N–H and O–H groups in total. The first-order valence-electron chi connectivity index (χ1n) is 13.3. The third-order valence-corrected chi connectivity index (χ3v) is 7.07. The van der Waals surface area contributed by atoms with Crippen LogP contribution in [0, 0.1) is 13.8 Å². The average molecular weight is 519 g/mol. The Morgan fingerprint density at radius 1 is 1.08 bits per heavy atom. The Balaban J connectivity index is 1.75. The molecule has 38 heavy (non-hydrogen) atoms. The number of imidazole rings is 1. The number of unbranched alkanes of at least 4 members (excludes halogenated alkanes) is 2. The molecule has 8 nitrogen and oxygen atoms in total. The van der Waals surface area contributed by atoms with E-state index in [0.717, 1.165) is 42.7 Å². The van der Waals surface area contributed by atoms with Crippen LogP contribution in [0.2, 0.25) is 0 Å². The number of hydrogen-bond donors (Lipinski definition) is 1. The van der Waals surface area contributed by atoms with Crippen molar-refractivity contribution in [3.8, 4) is 5.75 Å². The average Bonchev–Trinajstić information content (AvgIpc) is 3.37. The monoisotopic (exact) mass is 518 g/mol. The lowest BCUT2D eigenvalue weighted by Crippen LogP contribution is -2.32. The van der Waals surface area contributed by atoms with E-state index in [1.54, 1.807) is 4.90 Å². The van der Waals surface area contributed by atoms with E-state index in [-0.39, 0.29) is 11.3 Å². The minimum absolute atomic E-state index is 0.0700. The highest BCUT2D eigenvalue weighted by molar-refractivity contribution is 6.46. The molecule has 202 valence electrons. The van der Waals surface area contributed by atoms with Gasteiger partial charge in [0.25, 0.3) is 11.7 Å². The normalized spacial score (nSPS) is 17.2. The lowest BCUT2D eigenvalue weighted by atomic mass is 9.96. The van der Waals surface area contributed by atoms with Gasteiger partial charge in [-0.1, -0.05) is 38.0 Å². The molecular weight excluding hydrogens is 480 g/mol. The third-order valence-electron chi connectivity index (χ3n) is 7.07. The van der Waals surface area contributed by atoms with Gasteiger partial charge in [-0.25, -0.2) is 4.98 Å². The molecule has 3 aromatic rings. The second-order valence-electron chi connectivity index (χ2n) is 10.2. The number of likely N-dealkylation sites (tertiary alicyclic amines) is 1. The van der Waals surface area contributed by atoms with Crippen molar-refractivity contribution < 1.29 is 19.4 Å². The highest BCUT2D eigenvalue weighted by Crippen LogP contribution is 2.40. The molecule has 4 rings (SSSR count). The van der Waals surface area contributed by atoms with E-state index in [1.165, 1.54) is 0 Å². The van der Waals surface area contributed by atoms with Gasteiger partial charge in [-0.3, -0.25) is 9.59 Å². The zero-order valence-electron chi connectivity index (χ0n) is 23.0. The minimum Gasteiger partial charge on any atom is -0.505 e. The van der Waals surface area contributed by atoms with E-state index in [0.29, 0.717) is 36.6 Å². The number of benzene rings is 1. The van der Waals surface area contributed by atoms with Gasteiger partial charge < -0.3 is 24.0 Å². The number of ether oxygens (including phenoxy) is 1. The van der Waals surface area contributed by atoms with E-state index in [4.69, 9.17) is 4.74 Å². The van der Waals surface area contributed by atoms with Crippen molar-refractivity contribution in [3.63, 3.8) is 0 Å².